The van der Waals surface area contributed by atoms with Gasteiger partial charge in [-0.25, -0.2) is 5.11 Å². The second kappa shape index (κ2) is 2.87. The molecule has 0 N–H and O–H groups in total. The van der Waals surface area contributed by atoms with Gasteiger partial charge < -0.3 is 0 Å². The molecular weight excluding hydrogens is 174 g/mol. The summed E-state index contributed by atoms with van der Waals surface area (Å²) < 4.78 is -2.03. The molecule has 0 aromatic heterocycles. The Bertz CT molecular complexity index is 95.2. The fourth-order valence-electron chi connectivity index (χ4n) is 0.0818. The summed E-state index contributed by atoms with van der Waals surface area (Å²) >= 11 is 14.9. The van der Waals surface area contributed by atoms with Crippen LogP contribution in [-0.4, -0.2) is 16.2 Å². The van der Waals surface area contributed by atoms with E-state index in [9.17, 15) is 9.90 Å². The number of alkyl halides is 3. The maximum Gasteiger partial charge on any atom is 0.251 e. The van der Waals surface area contributed by atoms with E-state index >= 15 is 0 Å². The number of hydrogen-bond donors (Lipinski definition) is 0. The van der Waals surface area contributed by atoms with Gasteiger partial charge in [-0.15, -0.1) is 0 Å². The van der Waals surface area contributed by atoms with E-state index in [2.05, 4.69) is 0 Å². The molecule has 0 aromatic rings. The summed E-state index contributed by atoms with van der Waals surface area (Å²) in [4.78, 5) is 10.1. The van der Waals surface area contributed by atoms with Gasteiger partial charge in [0.1, 0.15) is 6.61 Å². The Balaban J connectivity index is 3.82. The van der Waals surface area contributed by atoms with Crippen LogP contribution in [0.2, 0.25) is 0 Å². The molecular formula is C3H2Cl3O2. The van der Waals surface area contributed by atoms with E-state index in [-0.39, 0.29) is 0 Å². The van der Waals surface area contributed by atoms with Crippen LogP contribution in [0.1, 0.15) is 0 Å². The van der Waals surface area contributed by atoms with Gasteiger partial charge in [0.15, 0.2) is 0 Å². The predicted octanol–water partition coefficient (Wildman–Crippen LogP) is 1.36. The first-order valence-corrected chi connectivity index (χ1v) is 2.80. The van der Waals surface area contributed by atoms with Crippen molar-refractivity contribution in [1.29, 1.82) is 0 Å². The first-order chi connectivity index (χ1) is 3.48. The molecule has 0 saturated heterocycles. The first kappa shape index (κ1) is 8.50. The Morgan fingerprint density at radius 3 is 1.75 bits per heavy atom. The Hall–Kier alpha value is 0.500. The number of halogens is 3. The molecule has 0 bridgehead atoms. The van der Waals surface area contributed by atoms with Crippen LogP contribution in [0, 0.1) is 0 Å². The van der Waals surface area contributed by atoms with Crippen molar-refractivity contribution in [2.24, 2.45) is 0 Å². The molecule has 0 aliphatic rings. The normalized spacial score (nSPS) is 11.5. The summed E-state index contributed by atoms with van der Waals surface area (Å²) in [6.45, 7) is -0.990. The van der Waals surface area contributed by atoms with Crippen LogP contribution >= 0.6 is 34.8 Å². The van der Waals surface area contributed by atoms with E-state index in [0.29, 0.717) is 0 Å². The van der Waals surface area contributed by atoms with Crippen molar-refractivity contribution < 1.29 is 9.90 Å². The summed E-state index contributed by atoms with van der Waals surface area (Å²) in [5, 5.41) is 9.67. The van der Waals surface area contributed by atoms with E-state index in [0.717, 1.165) is 0 Å². The number of ketones is 1. The molecule has 0 rings (SSSR count). The molecule has 8 heavy (non-hydrogen) atoms. The quantitative estimate of drug-likeness (QED) is 0.556. The van der Waals surface area contributed by atoms with Crippen molar-refractivity contribution in [1.82, 2.24) is 0 Å². The highest BCUT2D eigenvalue weighted by Gasteiger charge is 2.29. The maximum atomic E-state index is 10.1. The minimum atomic E-state index is -2.03. The van der Waals surface area contributed by atoms with Gasteiger partial charge >= 0.3 is 0 Å². The van der Waals surface area contributed by atoms with Crippen molar-refractivity contribution in [2.75, 3.05) is 6.61 Å². The SMILES string of the molecule is [O]CC(=O)C(Cl)(Cl)Cl. The lowest BCUT2D eigenvalue weighted by Crippen LogP contribution is -2.21. The molecule has 0 aliphatic carbocycles. The largest absolute Gasteiger partial charge is 0.292 e. The fourth-order valence-corrected chi connectivity index (χ4v) is 0.245. The summed E-state index contributed by atoms with van der Waals surface area (Å²) in [6, 6.07) is 0. The first-order valence-electron chi connectivity index (χ1n) is 1.66. The van der Waals surface area contributed by atoms with Gasteiger partial charge in [-0.1, -0.05) is 34.8 Å². The third-order valence-corrected chi connectivity index (χ3v) is 1.08. The lowest BCUT2D eigenvalue weighted by molar-refractivity contribution is -0.122. The van der Waals surface area contributed by atoms with Gasteiger partial charge in [0.25, 0.3) is 3.79 Å². The topological polar surface area (TPSA) is 37.0 Å². The van der Waals surface area contributed by atoms with Crippen LogP contribution in [0.5, 0.6) is 0 Å². The number of Topliss-reactive ketones (excluding diaryl/α,β-unsaturated/α-hetero) is 1. The van der Waals surface area contributed by atoms with E-state index in [1.54, 1.807) is 0 Å². The lowest BCUT2D eigenvalue weighted by atomic mass is 10.5. The van der Waals surface area contributed by atoms with Crippen molar-refractivity contribution in [3.8, 4) is 0 Å². The highest BCUT2D eigenvalue weighted by atomic mass is 35.6. The van der Waals surface area contributed by atoms with Crippen molar-refractivity contribution in [2.45, 2.75) is 3.79 Å². The van der Waals surface area contributed by atoms with Crippen LogP contribution < -0.4 is 0 Å². The van der Waals surface area contributed by atoms with Gasteiger partial charge in [0.2, 0.25) is 5.78 Å². The highest BCUT2D eigenvalue weighted by Crippen LogP contribution is 2.26. The van der Waals surface area contributed by atoms with Crippen molar-refractivity contribution in [3.63, 3.8) is 0 Å². The summed E-state index contributed by atoms with van der Waals surface area (Å²) in [7, 11) is 0. The molecule has 0 heterocycles. The Morgan fingerprint density at radius 2 is 1.75 bits per heavy atom. The molecule has 5 heteroatoms. The molecule has 0 unspecified atom stereocenters. The van der Waals surface area contributed by atoms with Crippen LogP contribution in [0.15, 0.2) is 0 Å². The lowest BCUT2D eigenvalue weighted by Gasteiger charge is -2.03. The van der Waals surface area contributed by atoms with E-state index in [1.165, 1.54) is 0 Å². The second-order valence-corrected chi connectivity index (χ2v) is 3.35. The zero-order chi connectivity index (χ0) is 6.78. The molecule has 47 valence electrons. The van der Waals surface area contributed by atoms with Gasteiger partial charge in [-0.2, -0.15) is 0 Å². The third kappa shape index (κ3) is 2.72. The number of hydrogen-bond acceptors (Lipinski definition) is 1. The van der Waals surface area contributed by atoms with Crippen LogP contribution in [0.25, 0.3) is 0 Å². The Kier molecular flexibility index (Phi) is 3.05. The molecule has 0 saturated carbocycles. The predicted molar refractivity (Wildman–Crippen MR) is 30.9 cm³/mol. The average Bonchev–Trinajstić information content (AvgIpc) is 1.62. The number of carbonyl (C=O) groups excluding carboxylic acids is 1. The molecule has 1 radical (unpaired) electrons. The monoisotopic (exact) mass is 175 g/mol. The summed E-state index contributed by atoms with van der Waals surface area (Å²) in [6.07, 6.45) is 0. The van der Waals surface area contributed by atoms with Crippen molar-refractivity contribution in [3.05, 3.63) is 0 Å². The third-order valence-electron chi connectivity index (χ3n) is 0.447. The standard InChI is InChI=1S/C3H2Cl3O2/c4-3(5,6)2(8)1-7/h1H2. The molecule has 2 nitrogen and oxygen atoms in total. The molecule has 0 atom stereocenters. The maximum absolute atomic E-state index is 10.1. The Morgan fingerprint density at radius 1 is 1.38 bits per heavy atom. The minimum absolute atomic E-state index is 0.928. The second-order valence-electron chi connectivity index (χ2n) is 1.07. The van der Waals surface area contributed by atoms with Crippen LogP contribution in [0.3, 0.4) is 0 Å². The zero-order valence-corrected chi connectivity index (χ0v) is 5.93. The van der Waals surface area contributed by atoms with E-state index in [1.807, 2.05) is 0 Å². The van der Waals surface area contributed by atoms with Gasteiger partial charge in [0.05, 0.1) is 0 Å². The Labute approximate surface area is 61.3 Å². The summed E-state index contributed by atoms with van der Waals surface area (Å²) in [5.41, 5.74) is 0. The van der Waals surface area contributed by atoms with Crippen LogP contribution in [-0.2, 0) is 9.90 Å². The van der Waals surface area contributed by atoms with Crippen LogP contribution in [0.4, 0.5) is 0 Å². The van der Waals surface area contributed by atoms with E-state index in [4.69, 9.17) is 34.8 Å². The minimum Gasteiger partial charge on any atom is -0.292 e. The number of carbonyl (C=O) groups is 1. The zero-order valence-electron chi connectivity index (χ0n) is 3.66. The molecule has 0 aliphatic heterocycles. The smallest absolute Gasteiger partial charge is 0.251 e. The van der Waals surface area contributed by atoms with Gasteiger partial charge in [0, 0.05) is 0 Å². The molecule has 0 aromatic carbocycles. The van der Waals surface area contributed by atoms with Crippen molar-refractivity contribution >= 4 is 40.6 Å². The van der Waals surface area contributed by atoms with Gasteiger partial charge in [-0.05, 0) is 0 Å². The summed E-state index contributed by atoms with van der Waals surface area (Å²) in [5.74, 6) is -0.928. The van der Waals surface area contributed by atoms with E-state index < -0.39 is 16.2 Å². The average molecular weight is 176 g/mol. The molecule has 0 spiro atoms. The number of rotatable bonds is 1. The fraction of sp³-hybridized carbons (Fsp3) is 0.667. The molecule has 0 amide bonds. The van der Waals surface area contributed by atoms with Gasteiger partial charge in [-0.3, -0.25) is 4.79 Å². The molecule has 0 fully saturated rings. The highest BCUT2D eigenvalue weighted by molar-refractivity contribution is 6.76.